The van der Waals surface area contributed by atoms with Gasteiger partial charge in [0.15, 0.2) is 0 Å². The highest BCUT2D eigenvalue weighted by Gasteiger charge is 2.34. The fourth-order valence-corrected chi connectivity index (χ4v) is 2.60. The Kier molecular flexibility index (Phi) is 5.66. The molecule has 0 saturated heterocycles. The van der Waals surface area contributed by atoms with Crippen molar-refractivity contribution in [2.75, 3.05) is 7.11 Å². The number of alkyl halides is 3. The standard InChI is InChI=1S/C18H19F3O2/c1-23-17-12-5-2-7-13(17)8-6-11-16(22)14-9-3-4-10-15(14)18(19,20)21/h2-5,7,9-10,12,16,22H,6,8,11H2,1H3/t16-/m1/s1. The van der Waals surface area contributed by atoms with Gasteiger partial charge < -0.3 is 9.84 Å². The lowest BCUT2D eigenvalue weighted by Gasteiger charge is -2.17. The van der Waals surface area contributed by atoms with Gasteiger partial charge >= 0.3 is 6.18 Å². The molecule has 0 fully saturated rings. The van der Waals surface area contributed by atoms with Crippen molar-refractivity contribution in [1.29, 1.82) is 0 Å². The summed E-state index contributed by atoms with van der Waals surface area (Å²) in [6.07, 6.45) is -4.14. The topological polar surface area (TPSA) is 29.5 Å². The summed E-state index contributed by atoms with van der Waals surface area (Å²) in [5.41, 5.74) is 0.135. The molecule has 1 atom stereocenters. The fourth-order valence-electron chi connectivity index (χ4n) is 2.60. The van der Waals surface area contributed by atoms with E-state index in [4.69, 9.17) is 4.74 Å². The molecule has 5 heteroatoms. The number of rotatable bonds is 6. The normalized spacial score (nSPS) is 12.9. The van der Waals surface area contributed by atoms with Crippen LogP contribution in [-0.4, -0.2) is 12.2 Å². The van der Waals surface area contributed by atoms with Crippen LogP contribution in [0.1, 0.15) is 35.6 Å². The van der Waals surface area contributed by atoms with Crippen molar-refractivity contribution in [3.8, 4) is 5.75 Å². The molecule has 0 unspecified atom stereocenters. The van der Waals surface area contributed by atoms with Gasteiger partial charge in [-0.1, -0.05) is 36.4 Å². The Morgan fingerprint density at radius 2 is 1.70 bits per heavy atom. The van der Waals surface area contributed by atoms with Gasteiger partial charge in [-0.3, -0.25) is 0 Å². The second kappa shape index (κ2) is 7.51. The Balaban J connectivity index is 2.02. The van der Waals surface area contributed by atoms with Gasteiger partial charge in [-0.25, -0.2) is 0 Å². The summed E-state index contributed by atoms with van der Waals surface area (Å²) < 4.78 is 44.1. The van der Waals surface area contributed by atoms with Crippen molar-refractivity contribution >= 4 is 0 Å². The number of hydrogen-bond acceptors (Lipinski definition) is 2. The van der Waals surface area contributed by atoms with E-state index in [1.54, 1.807) is 7.11 Å². The maximum absolute atomic E-state index is 13.0. The van der Waals surface area contributed by atoms with Crippen molar-refractivity contribution in [3.63, 3.8) is 0 Å². The first-order chi connectivity index (χ1) is 10.9. The molecule has 0 saturated carbocycles. The smallest absolute Gasteiger partial charge is 0.416 e. The van der Waals surface area contributed by atoms with Crippen LogP contribution < -0.4 is 4.74 Å². The van der Waals surface area contributed by atoms with Gasteiger partial charge in [0.2, 0.25) is 0 Å². The number of benzene rings is 2. The first kappa shape index (κ1) is 17.3. The van der Waals surface area contributed by atoms with Crippen LogP contribution in [0.3, 0.4) is 0 Å². The quantitative estimate of drug-likeness (QED) is 0.829. The third-order valence-corrected chi connectivity index (χ3v) is 3.74. The Hall–Kier alpha value is -2.01. The molecule has 2 aromatic rings. The van der Waals surface area contributed by atoms with Crippen LogP contribution in [0.2, 0.25) is 0 Å². The molecule has 0 amide bonds. The summed E-state index contributed by atoms with van der Waals surface area (Å²) in [4.78, 5) is 0. The minimum Gasteiger partial charge on any atom is -0.496 e. The maximum atomic E-state index is 13.0. The average molecular weight is 324 g/mol. The second-order valence-electron chi connectivity index (χ2n) is 5.30. The zero-order valence-corrected chi connectivity index (χ0v) is 12.8. The number of ether oxygens (including phenoxy) is 1. The van der Waals surface area contributed by atoms with E-state index in [2.05, 4.69) is 0 Å². The summed E-state index contributed by atoms with van der Waals surface area (Å²) in [7, 11) is 1.58. The van der Waals surface area contributed by atoms with Gasteiger partial charge in [0, 0.05) is 0 Å². The minimum atomic E-state index is -4.46. The van der Waals surface area contributed by atoms with E-state index in [-0.39, 0.29) is 12.0 Å². The van der Waals surface area contributed by atoms with Crippen LogP contribution in [0, 0.1) is 0 Å². The molecule has 0 aliphatic carbocycles. The first-order valence-corrected chi connectivity index (χ1v) is 7.39. The van der Waals surface area contributed by atoms with Crippen molar-refractivity contribution in [2.24, 2.45) is 0 Å². The third-order valence-electron chi connectivity index (χ3n) is 3.74. The van der Waals surface area contributed by atoms with Crippen molar-refractivity contribution in [2.45, 2.75) is 31.5 Å². The number of hydrogen-bond donors (Lipinski definition) is 1. The lowest BCUT2D eigenvalue weighted by Crippen LogP contribution is -2.12. The molecular formula is C18H19F3O2. The molecule has 124 valence electrons. The van der Waals surface area contributed by atoms with E-state index in [1.807, 2.05) is 24.3 Å². The van der Waals surface area contributed by atoms with Crippen LogP contribution in [0.5, 0.6) is 5.75 Å². The number of aliphatic hydroxyl groups is 1. The van der Waals surface area contributed by atoms with E-state index >= 15 is 0 Å². The number of para-hydroxylation sites is 1. The molecule has 1 N–H and O–H groups in total. The summed E-state index contributed by atoms with van der Waals surface area (Å²) in [5.74, 6) is 0.748. The van der Waals surface area contributed by atoms with Crippen LogP contribution in [0.15, 0.2) is 48.5 Å². The van der Waals surface area contributed by atoms with Crippen molar-refractivity contribution < 1.29 is 23.0 Å². The molecule has 0 bridgehead atoms. The number of aliphatic hydroxyl groups excluding tert-OH is 1. The summed E-state index contributed by atoms with van der Waals surface area (Å²) >= 11 is 0. The van der Waals surface area contributed by atoms with E-state index in [0.717, 1.165) is 17.4 Å². The summed E-state index contributed by atoms with van der Waals surface area (Å²) in [6.45, 7) is 0. The zero-order valence-electron chi connectivity index (χ0n) is 12.8. The largest absolute Gasteiger partial charge is 0.496 e. The number of aryl methyl sites for hydroxylation is 1. The number of halogens is 3. The van der Waals surface area contributed by atoms with Gasteiger partial charge in [-0.05, 0) is 42.5 Å². The molecule has 23 heavy (non-hydrogen) atoms. The highest BCUT2D eigenvalue weighted by molar-refractivity contribution is 5.34. The molecule has 2 nitrogen and oxygen atoms in total. The molecule has 2 aromatic carbocycles. The fraction of sp³-hybridized carbons (Fsp3) is 0.333. The Labute approximate surface area is 133 Å². The van der Waals surface area contributed by atoms with Crippen LogP contribution >= 0.6 is 0 Å². The SMILES string of the molecule is COc1ccccc1CCC[C@@H](O)c1ccccc1C(F)(F)F. The van der Waals surface area contributed by atoms with Gasteiger partial charge in [-0.2, -0.15) is 13.2 Å². The maximum Gasteiger partial charge on any atom is 0.416 e. The second-order valence-corrected chi connectivity index (χ2v) is 5.30. The highest BCUT2D eigenvalue weighted by atomic mass is 19.4. The van der Waals surface area contributed by atoms with E-state index < -0.39 is 17.8 Å². The van der Waals surface area contributed by atoms with Crippen LogP contribution in [0.25, 0.3) is 0 Å². The lowest BCUT2D eigenvalue weighted by molar-refractivity contribution is -0.139. The third kappa shape index (κ3) is 4.48. The Bertz CT molecular complexity index is 638. The summed E-state index contributed by atoms with van der Waals surface area (Å²) in [5, 5.41) is 10.1. The molecule has 0 aliphatic rings. The average Bonchev–Trinajstić information content (AvgIpc) is 2.54. The van der Waals surface area contributed by atoms with Crippen molar-refractivity contribution in [3.05, 3.63) is 65.2 Å². The molecule has 0 radical (unpaired) electrons. The van der Waals surface area contributed by atoms with E-state index in [9.17, 15) is 18.3 Å². The molecule has 0 spiro atoms. The Morgan fingerprint density at radius 1 is 1.04 bits per heavy atom. The minimum absolute atomic E-state index is 0.0694. The first-order valence-electron chi connectivity index (χ1n) is 7.39. The zero-order chi connectivity index (χ0) is 16.9. The van der Waals surface area contributed by atoms with Crippen LogP contribution in [-0.2, 0) is 12.6 Å². The predicted octanol–water partition coefficient (Wildman–Crippen LogP) is 4.77. The summed E-state index contributed by atoms with van der Waals surface area (Å²) in [6, 6.07) is 12.7. The van der Waals surface area contributed by atoms with Gasteiger partial charge in [0.05, 0.1) is 18.8 Å². The highest BCUT2D eigenvalue weighted by Crippen LogP contribution is 2.35. The van der Waals surface area contributed by atoms with Crippen LogP contribution in [0.4, 0.5) is 13.2 Å². The molecule has 0 aromatic heterocycles. The van der Waals surface area contributed by atoms with Crippen molar-refractivity contribution in [1.82, 2.24) is 0 Å². The molecular weight excluding hydrogens is 305 g/mol. The molecule has 0 heterocycles. The van der Waals surface area contributed by atoms with Gasteiger partial charge in [0.1, 0.15) is 5.75 Å². The monoisotopic (exact) mass is 324 g/mol. The van der Waals surface area contributed by atoms with Gasteiger partial charge in [-0.15, -0.1) is 0 Å². The molecule has 2 rings (SSSR count). The van der Waals surface area contributed by atoms with E-state index in [1.165, 1.54) is 18.2 Å². The number of methoxy groups -OCH3 is 1. The van der Waals surface area contributed by atoms with E-state index in [0.29, 0.717) is 12.8 Å². The predicted molar refractivity (Wildman–Crippen MR) is 82.3 cm³/mol. The Morgan fingerprint density at radius 3 is 2.39 bits per heavy atom. The van der Waals surface area contributed by atoms with Gasteiger partial charge in [0.25, 0.3) is 0 Å². The molecule has 0 aliphatic heterocycles. The lowest BCUT2D eigenvalue weighted by atomic mass is 9.97.